The van der Waals surface area contributed by atoms with E-state index in [1.807, 2.05) is 4.90 Å². The maximum Gasteiger partial charge on any atom is 0.248 e. The summed E-state index contributed by atoms with van der Waals surface area (Å²) in [4.78, 5) is 26.4. The topological polar surface area (TPSA) is 49.4 Å². The third kappa shape index (κ3) is 1.74. The zero-order valence-electron chi connectivity index (χ0n) is 10.2. The van der Waals surface area contributed by atoms with Gasteiger partial charge in [-0.25, -0.2) is 0 Å². The fourth-order valence-corrected chi connectivity index (χ4v) is 3.35. The van der Waals surface area contributed by atoms with Crippen LogP contribution in [0.4, 0.5) is 0 Å². The second-order valence-corrected chi connectivity index (χ2v) is 5.67. The minimum Gasteiger partial charge on any atom is -0.342 e. The Morgan fingerprint density at radius 3 is 2.41 bits per heavy atom. The summed E-state index contributed by atoms with van der Waals surface area (Å²) < 4.78 is 0. The van der Waals surface area contributed by atoms with Gasteiger partial charge in [0.2, 0.25) is 11.8 Å². The molecule has 17 heavy (non-hydrogen) atoms. The monoisotopic (exact) mass is 236 g/mol. The molecule has 3 rings (SSSR count). The summed E-state index contributed by atoms with van der Waals surface area (Å²) in [5.41, 5.74) is -0.539. The largest absolute Gasteiger partial charge is 0.342 e. The molecule has 0 aromatic heterocycles. The van der Waals surface area contributed by atoms with Gasteiger partial charge in [0.1, 0.15) is 5.54 Å². The molecule has 0 bridgehead atoms. The third-order valence-electron chi connectivity index (χ3n) is 4.60. The van der Waals surface area contributed by atoms with Gasteiger partial charge >= 0.3 is 0 Å². The Labute approximate surface area is 102 Å². The predicted molar refractivity (Wildman–Crippen MR) is 63.3 cm³/mol. The highest BCUT2D eigenvalue weighted by molar-refractivity contribution is 5.94. The van der Waals surface area contributed by atoms with Gasteiger partial charge in [0.05, 0.1) is 0 Å². The van der Waals surface area contributed by atoms with E-state index < -0.39 is 5.54 Å². The minimum atomic E-state index is -0.539. The maximum atomic E-state index is 12.7. The van der Waals surface area contributed by atoms with Crippen LogP contribution in [-0.4, -0.2) is 34.8 Å². The van der Waals surface area contributed by atoms with Crippen LogP contribution in [0.25, 0.3) is 0 Å². The SMILES string of the molecule is O=C1CCN(C2CCC2)C(=O)C2(CCCC2)N1. The number of amides is 2. The summed E-state index contributed by atoms with van der Waals surface area (Å²) in [7, 11) is 0. The minimum absolute atomic E-state index is 0.0575. The van der Waals surface area contributed by atoms with Crippen molar-refractivity contribution in [3.05, 3.63) is 0 Å². The molecule has 0 aromatic rings. The van der Waals surface area contributed by atoms with E-state index in [1.54, 1.807) is 0 Å². The Hall–Kier alpha value is -1.06. The van der Waals surface area contributed by atoms with Crippen LogP contribution < -0.4 is 5.32 Å². The molecule has 2 saturated carbocycles. The summed E-state index contributed by atoms with van der Waals surface area (Å²) in [5.74, 6) is 0.257. The molecule has 0 unspecified atom stereocenters. The quantitative estimate of drug-likeness (QED) is 0.743. The van der Waals surface area contributed by atoms with E-state index in [0.29, 0.717) is 19.0 Å². The van der Waals surface area contributed by atoms with Crippen molar-refractivity contribution in [1.82, 2.24) is 10.2 Å². The van der Waals surface area contributed by atoms with E-state index in [4.69, 9.17) is 0 Å². The standard InChI is InChI=1S/C13H20N2O2/c16-11-6-9-15(10-4-3-5-10)12(17)13(14-11)7-1-2-8-13/h10H,1-9H2,(H,14,16). The number of rotatable bonds is 1. The molecule has 1 aliphatic heterocycles. The lowest BCUT2D eigenvalue weighted by molar-refractivity contribution is -0.142. The first-order valence-corrected chi connectivity index (χ1v) is 6.83. The molecule has 2 aliphatic carbocycles. The highest BCUT2D eigenvalue weighted by Gasteiger charge is 2.48. The van der Waals surface area contributed by atoms with Crippen molar-refractivity contribution in [2.45, 2.75) is 62.9 Å². The van der Waals surface area contributed by atoms with E-state index in [1.165, 1.54) is 6.42 Å². The molecule has 4 heteroatoms. The first kappa shape index (κ1) is 11.1. The number of carbonyl (C=O) groups excluding carboxylic acids is 2. The summed E-state index contributed by atoms with van der Waals surface area (Å²) in [6.07, 6.45) is 7.73. The van der Waals surface area contributed by atoms with Crippen molar-refractivity contribution < 1.29 is 9.59 Å². The second kappa shape index (κ2) is 4.00. The molecule has 0 aromatic carbocycles. The summed E-state index contributed by atoms with van der Waals surface area (Å²) in [6, 6.07) is 0.410. The van der Waals surface area contributed by atoms with Crippen molar-refractivity contribution in [2.24, 2.45) is 0 Å². The van der Waals surface area contributed by atoms with E-state index in [-0.39, 0.29) is 11.8 Å². The second-order valence-electron chi connectivity index (χ2n) is 5.67. The van der Waals surface area contributed by atoms with Crippen LogP contribution in [0.2, 0.25) is 0 Å². The van der Waals surface area contributed by atoms with Crippen LogP contribution in [0.1, 0.15) is 51.4 Å². The molecule has 3 aliphatic rings. The lowest BCUT2D eigenvalue weighted by atomic mass is 9.88. The predicted octanol–water partition coefficient (Wildman–Crippen LogP) is 1.20. The van der Waals surface area contributed by atoms with Gasteiger partial charge in [0, 0.05) is 19.0 Å². The fourth-order valence-electron chi connectivity index (χ4n) is 3.35. The molecular weight excluding hydrogens is 216 g/mol. The number of hydrogen-bond acceptors (Lipinski definition) is 2. The molecule has 4 nitrogen and oxygen atoms in total. The van der Waals surface area contributed by atoms with Crippen LogP contribution >= 0.6 is 0 Å². The van der Waals surface area contributed by atoms with Gasteiger partial charge in [-0.1, -0.05) is 12.8 Å². The average molecular weight is 236 g/mol. The summed E-state index contributed by atoms with van der Waals surface area (Å²) >= 11 is 0. The van der Waals surface area contributed by atoms with E-state index in [9.17, 15) is 9.59 Å². The van der Waals surface area contributed by atoms with Crippen molar-refractivity contribution in [2.75, 3.05) is 6.54 Å². The van der Waals surface area contributed by atoms with Crippen LogP contribution in [0.5, 0.6) is 0 Å². The number of nitrogens with zero attached hydrogens (tertiary/aromatic N) is 1. The Bertz CT molecular complexity index is 343. The summed E-state index contributed by atoms with van der Waals surface area (Å²) in [5, 5.41) is 3.01. The normalized spacial score (nSPS) is 29.1. The van der Waals surface area contributed by atoms with Crippen LogP contribution in [-0.2, 0) is 9.59 Å². The van der Waals surface area contributed by atoms with Crippen LogP contribution in [0.3, 0.4) is 0 Å². The first-order chi connectivity index (χ1) is 8.21. The first-order valence-electron chi connectivity index (χ1n) is 6.83. The van der Waals surface area contributed by atoms with Crippen molar-refractivity contribution in [3.8, 4) is 0 Å². The molecule has 0 atom stereocenters. The third-order valence-corrected chi connectivity index (χ3v) is 4.60. The number of hydrogen-bond donors (Lipinski definition) is 1. The Balaban J connectivity index is 1.86. The number of nitrogens with one attached hydrogen (secondary N) is 1. The molecule has 1 N–H and O–H groups in total. The Morgan fingerprint density at radius 1 is 1.12 bits per heavy atom. The zero-order chi connectivity index (χ0) is 11.9. The van der Waals surface area contributed by atoms with Crippen molar-refractivity contribution >= 4 is 11.8 Å². The van der Waals surface area contributed by atoms with Gasteiger partial charge in [-0.3, -0.25) is 9.59 Å². The highest BCUT2D eigenvalue weighted by atomic mass is 16.2. The van der Waals surface area contributed by atoms with Gasteiger partial charge in [-0.2, -0.15) is 0 Å². The van der Waals surface area contributed by atoms with E-state index in [2.05, 4.69) is 5.32 Å². The van der Waals surface area contributed by atoms with Gasteiger partial charge in [-0.05, 0) is 32.1 Å². The molecule has 2 amide bonds. The van der Waals surface area contributed by atoms with Crippen LogP contribution in [0.15, 0.2) is 0 Å². The highest BCUT2D eigenvalue weighted by Crippen LogP contribution is 2.36. The van der Waals surface area contributed by atoms with Crippen molar-refractivity contribution in [1.29, 1.82) is 0 Å². The molecule has 3 fully saturated rings. The number of carbonyl (C=O) groups is 2. The zero-order valence-corrected chi connectivity index (χ0v) is 10.2. The molecular formula is C13H20N2O2. The van der Waals surface area contributed by atoms with Crippen molar-refractivity contribution in [3.63, 3.8) is 0 Å². The molecule has 94 valence electrons. The van der Waals surface area contributed by atoms with Gasteiger partial charge in [0.15, 0.2) is 0 Å². The lowest BCUT2D eigenvalue weighted by Crippen LogP contribution is -2.58. The molecule has 1 heterocycles. The maximum absolute atomic E-state index is 12.7. The van der Waals surface area contributed by atoms with E-state index >= 15 is 0 Å². The summed E-state index contributed by atoms with van der Waals surface area (Å²) in [6.45, 7) is 0.622. The molecule has 1 spiro atoms. The Morgan fingerprint density at radius 2 is 1.82 bits per heavy atom. The fraction of sp³-hybridized carbons (Fsp3) is 0.846. The van der Waals surface area contributed by atoms with Gasteiger partial charge < -0.3 is 10.2 Å². The molecule has 0 radical (unpaired) electrons. The van der Waals surface area contributed by atoms with Crippen LogP contribution in [0, 0.1) is 0 Å². The average Bonchev–Trinajstić information content (AvgIpc) is 2.65. The van der Waals surface area contributed by atoms with E-state index in [0.717, 1.165) is 38.5 Å². The van der Waals surface area contributed by atoms with Gasteiger partial charge in [0.25, 0.3) is 0 Å². The van der Waals surface area contributed by atoms with Gasteiger partial charge in [-0.15, -0.1) is 0 Å². The lowest BCUT2D eigenvalue weighted by Gasteiger charge is -2.40. The Kier molecular flexibility index (Phi) is 2.60. The molecule has 1 saturated heterocycles. The smallest absolute Gasteiger partial charge is 0.248 e.